The van der Waals surface area contributed by atoms with Crippen molar-refractivity contribution in [2.24, 2.45) is 23.1 Å². The molecular formula is C92H119F2N17O22S. The van der Waals surface area contributed by atoms with E-state index in [0.717, 1.165) is 42.7 Å². The zero-order valence-corrected chi connectivity index (χ0v) is 76.0. The number of phenols is 1. The standard InChI is InChI=1S/C92H119F2N17O22S/c1-7-8-25-71(91(132)111-47-60(115)42-73(111)86(127)100-57(48-112)41-79(120)121)107(4)90(131)75(39-53-20-13-10-14-21-53)109(6)88(129)69(37-55-28-31-62(93)63(94)35-55)101-77(117)50-134-49-70(81(122)99-45-76(96)116)106-82(123)65(24-17-34-95)102-83(124)67(36-54-26-29-58(113)30-27-54)104-84(125)68(40-56-44-98-64-23-16-15-22-61(56)64)105-87(128)74-43-59(114)46-110(74)89(130)66(32-33-78(118)119)103-85(126)72(38-52-18-11-9-12-19-52)108(5)92(133)80(97)51(2)3/h9-16,18-23,26-31,35,44,48,51,57,59-60,65-75,80,98,113-115H,7-8,17,24-25,32-34,36-43,45-47,49-50,95,97H2,1-6H3,(H2,96,116)(H,99,122)(H,100,127)(H,101,117)(H,102,124)(H,103,126)(H,104,125)(H,105,128)(H,106,123)(H,118,119)(H,120,121)/t57-,59-,60-,65-,66-,67-,68-,69-,70-,71-,72-,73+,74+,75?,80-/m0/s1. The maximum atomic E-state index is 15.4. The molecule has 14 amide bonds. The van der Waals surface area contributed by atoms with E-state index in [-0.39, 0.29) is 75.0 Å². The summed E-state index contributed by atoms with van der Waals surface area (Å²) in [5.74, 6) is -20.5. The van der Waals surface area contributed by atoms with Crippen molar-refractivity contribution in [1.29, 1.82) is 0 Å². The molecule has 20 N–H and O–H groups in total. The van der Waals surface area contributed by atoms with Gasteiger partial charge in [-0.25, -0.2) is 8.78 Å². The second kappa shape index (κ2) is 51.1. The molecular weight excluding hydrogens is 1770 g/mol. The minimum Gasteiger partial charge on any atom is -0.508 e. The summed E-state index contributed by atoms with van der Waals surface area (Å²) in [6.07, 6.45) is -4.77. The molecule has 1 unspecified atom stereocenters. The van der Waals surface area contributed by atoms with E-state index in [1.54, 1.807) is 112 Å². The summed E-state index contributed by atoms with van der Waals surface area (Å²) < 4.78 is 29.7. The summed E-state index contributed by atoms with van der Waals surface area (Å²) >= 11 is 0.680. The Bertz CT molecular complexity index is 5140. The van der Waals surface area contributed by atoms with Gasteiger partial charge in [0.15, 0.2) is 11.6 Å². The van der Waals surface area contributed by atoms with Crippen molar-refractivity contribution in [3.05, 3.63) is 173 Å². The smallest absolute Gasteiger partial charge is 0.305 e. The highest BCUT2D eigenvalue weighted by Crippen LogP contribution is 2.28. The Labute approximate surface area is 776 Å². The van der Waals surface area contributed by atoms with Crippen LogP contribution in [0.1, 0.15) is 113 Å². The molecule has 0 aliphatic carbocycles. The van der Waals surface area contributed by atoms with Crippen molar-refractivity contribution >= 4 is 124 Å². The number of amides is 14. The Morgan fingerprint density at radius 2 is 1.07 bits per heavy atom. The lowest BCUT2D eigenvalue weighted by Gasteiger charge is -2.37. The number of aliphatic hydroxyl groups is 2. The van der Waals surface area contributed by atoms with E-state index in [0.29, 0.717) is 57.8 Å². The predicted molar refractivity (Wildman–Crippen MR) is 485 cm³/mol. The number of primary amides is 1. The van der Waals surface area contributed by atoms with Crippen LogP contribution in [-0.4, -0.2) is 306 Å². The average molecular weight is 1890 g/mol. The van der Waals surface area contributed by atoms with E-state index in [2.05, 4.69) is 47.5 Å². The third-order valence-corrected chi connectivity index (χ3v) is 24.3. The molecule has 2 aliphatic heterocycles. The number of nitrogens with two attached hydrogens (primary N) is 3. The van der Waals surface area contributed by atoms with Crippen LogP contribution in [0.2, 0.25) is 0 Å². The van der Waals surface area contributed by atoms with E-state index in [9.17, 15) is 82.7 Å². The Balaban J connectivity index is 1.04. The van der Waals surface area contributed by atoms with Crippen molar-refractivity contribution in [2.45, 2.75) is 208 Å². The van der Waals surface area contributed by atoms with Gasteiger partial charge in [0.1, 0.15) is 78.5 Å². The molecule has 0 bridgehead atoms. The number of rotatable bonds is 51. The number of aliphatic hydroxyl groups excluding tert-OH is 2. The molecule has 2 saturated heterocycles. The highest BCUT2D eigenvalue weighted by Gasteiger charge is 2.48. The van der Waals surface area contributed by atoms with Gasteiger partial charge >= 0.3 is 11.9 Å². The SMILES string of the molecule is CCCC[C@@H](C(=O)N1C[C@@H](O)C[C@@H]1C(=O)N[C@H](C=O)CC(=O)O)N(C)C(=O)C(Cc1ccccc1)N(C)C(=O)[C@H](Cc1ccc(F)c(F)c1)NC(=O)CSC[C@H](NC(=O)[C@H](CCCN)NC(=O)[C@H](Cc1ccc(O)cc1)NC(=O)[C@H](Cc1c[nH]c2ccccc12)NC(=O)[C@H]1C[C@H](O)CN1C(=O)[C@H](CCC(=O)O)NC(=O)[C@H](Cc1ccccc1)N(C)C(=O)[C@@H](N)C(C)C)C(=O)NCC(N)=O. The van der Waals surface area contributed by atoms with Crippen LogP contribution in [0.15, 0.2) is 134 Å². The fraction of sp³-hybridized carbons (Fsp3) is 0.467. The Hall–Kier alpha value is -13.3. The van der Waals surface area contributed by atoms with Crippen LogP contribution in [0.25, 0.3) is 10.9 Å². The van der Waals surface area contributed by atoms with Crippen molar-refractivity contribution < 1.29 is 116 Å². The number of carbonyl (C=O) groups excluding carboxylic acids is 15. The Morgan fingerprint density at radius 3 is 1.66 bits per heavy atom. The lowest BCUT2D eigenvalue weighted by Crippen LogP contribution is -2.61. The van der Waals surface area contributed by atoms with Gasteiger partial charge < -0.3 is 120 Å². The molecule has 42 heteroatoms. The fourth-order valence-electron chi connectivity index (χ4n) is 15.8. The summed E-state index contributed by atoms with van der Waals surface area (Å²) in [6, 6.07) is 11.9. The number of thioether (sulfide) groups is 1. The third kappa shape index (κ3) is 30.6. The first-order valence-corrected chi connectivity index (χ1v) is 45.1. The number of aldehydes is 1. The molecule has 1 aromatic heterocycles. The van der Waals surface area contributed by atoms with Gasteiger partial charge in [0, 0.05) is 108 Å². The zero-order chi connectivity index (χ0) is 98.3. The Morgan fingerprint density at radius 1 is 0.545 bits per heavy atom. The normalized spacial score (nSPS) is 17.1. The van der Waals surface area contributed by atoms with Crippen molar-refractivity contribution in [2.75, 3.05) is 58.8 Å². The van der Waals surface area contributed by atoms with E-state index >= 15 is 33.2 Å². The number of nitrogens with zero attached hydrogens (tertiary/aromatic N) is 5. The maximum absolute atomic E-state index is 15.4. The third-order valence-electron chi connectivity index (χ3n) is 23.3. The molecule has 134 heavy (non-hydrogen) atoms. The highest BCUT2D eigenvalue weighted by atomic mass is 32.2. The van der Waals surface area contributed by atoms with Gasteiger partial charge in [-0.15, -0.1) is 11.8 Å². The van der Waals surface area contributed by atoms with Gasteiger partial charge in [0.05, 0.1) is 43.0 Å². The molecule has 2 aliphatic rings. The van der Waals surface area contributed by atoms with Crippen LogP contribution in [0.3, 0.4) is 0 Å². The number of aromatic hydroxyl groups is 1. The number of unbranched alkanes of at least 4 members (excludes halogenated alkanes) is 1. The van der Waals surface area contributed by atoms with Gasteiger partial charge in [-0.05, 0) is 96.3 Å². The molecule has 15 atom stereocenters. The van der Waals surface area contributed by atoms with Gasteiger partial charge in [-0.3, -0.25) is 76.7 Å². The van der Waals surface area contributed by atoms with Crippen molar-refractivity contribution in [3.8, 4) is 5.75 Å². The average Bonchev–Trinajstić information content (AvgIpc) is 1.73. The molecule has 0 radical (unpaired) electrons. The molecule has 39 nitrogen and oxygen atoms in total. The first-order valence-electron chi connectivity index (χ1n) is 43.9. The topological polar surface area (TPSA) is 598 Å². The van der Waals surface area contributed by atoms with Crippen LogP contribution < -0.4 is 59.7 Å². The fourth-order valence-corrected chi connectivity index (χ4v) is 16.6. The molecule has 0 saturated carbocycles. The lowest BCUT2D eigenvalue weighted by atomic mass is 9.99. The number of carboxylic acids is 2. The largest absolute Gasteiger partial charge is 0.508 e. The van der Waals surface area contributed by atoms with E-state index in [4.69, 9.17) is 17.2 Å². The van der Waals surface area contributed by atoms with Crippen LogP contribution in [0.5, 0.6) is 5.75 Å². The lowest BCUT2D eigenvalue weighted by molar-refractivity contribution is -0.152. The van der Waals surface area contributed by atoms with Gasteiger partial charge in [0.25, 0.3) is 0 Å². The molecule has 0 spiro atoms. The number of carboxylic acid groups (broad SMARTS) is 2. The van der Waals surface area contributed by atoms with Crippen LogP contribution in [0.4, 0.5) is 8.78 Å². The number of nitrogens with one attached hydrogen (secondary N) is 9. The number of carbonyl (C=O) groups is 17. The molecule has 2 fully saturated rings. The number of benzene rings is 5. The van der Waals surface area contributed by atoms with E-state index in [1.165, 1.54) is 45.4 Å². The number of likely N-dealkylation sites (tertiary alicyclic amines) is 2. The number of H-pyrrole nitrogens is 1. The number of halogens is 2. The Kier molecular flexibility index (Phi) is 40.4. The first-order chi connectivity index (χ1) is 63.7. The highest BCUT2D eigenvalue weighted by molar-refractivity contribution is 8.00. The second-order valence-electron chi connectivity index (χ2n) is 33.7. The molecule has 724 valence electrons. The molecule has 8 rings (SSSR count). The number of fused-ring (bicyclic) bond motifs is 1. The number of hydrogen-bond donors (Lipinski definition) is 17. The number of β-amino-alcohol motifs (C(OH)–C–C–N with tert-alkyl or cyclic N) is 2. The molecule has 5 aromatic carbocycles. The number of para-hydroxylation sites is 1. The quantitative estimate of drug-likeness (QED) is 0.0209. The number of likely N-dealkylation sites (N-methyl/N-ethyl adjacent to an activating group) is 3. The summed E-state index contributed by atoms with van der Waals surface area (Å²) in [5.41, 5.74) is 20.1. The van der Waals surface area contributed by atoms with Crippen LogP contribution in [-0.2, 0) is 114 Å². The van der Waals surface area contributed by atoms with Gasteiger partial charge in [-0.1, -0.05) is 131 Å². The summed E-state index contributed by atoms with van der Waals surface area (Å²) in [4.78, 5) is 248. The maximum Gasteiger partial charge on any atom is 0.305 e. The molecule has 6 aromatic rings. The molecule has 3 heterocycles. The number of aliphatic carboxylic acids is 2. The minimum absolute atomic E-state index is 0.0103. The number of hydrogen-bond acceptors (Lipinski definition) is 23. The number of phenolic OH excluding ortho intramolecular Hbond substituents is 1. The van der Waals surface area contributed by atoms with Crippen LogP contribution in [0, 0.1) is 17.6 Å². The number of aromatic nitrogens is 1. The summed E-state index contributed by atoms with van der Waals surface area (Å²) in [6.45, 7) is 3.42. The van der Waals surface area contributed by atoms with E-state index < -0.39 is 267 Å². The summed E-state index contributed by atoms with van der Waals surface area (Å²) in [5, 5.41) is 72.9. The van der Waals surface area contributed by atoms with Crippen molar-refractivity contribution in [3.63, 3.8) is 0 Å². The first kappa shape index (κ1) is 106. The summed E-state index contributed by atoms with van der Waals surface area (Å²) in [7, 11) is 3.88. The van der Waals surface area contributed by atoms with Gasteiger partial charge in [-0.2, -0.15) is 0 Å². The monoisotopic (exact) mass is 1880 g/mol. The van der Waals surface area contributed by atoms with E-state index in [1.807, 2.05) is 0 Å². The zero-order valence-electron chi connectivity index (χ0n) is 75.2. The minimum atomic E-state index is -1.73. The second-order valence-corrected chi connectivity index (χ2v) is 34.7. The predicted octanol–water partition coefficient (Wildman–Crippen LogP) is -0.751. The number of aromatic amines is 1. The van der Waals surface area contributed by atoms with Crippen LogP contribution >= 0.6 is 11.8 Å². The van der Waals surface area contributed by atoms with Gasteiger partial charge in [0.2, 0.25) is 82.7 Å². The van der Waals surface area contributed by atoms with Crippen molar-refractivity contribution in [1.82, 2.24) is 72.0 Å².